The second kappa shape index (κ2) is 4.07. The SMILES string of the molecule is CC(C)=Cc1ccccc1CO. The Labute approximate surface area is 73.4 Å². The number of hydrogen-bond acceptors (Lipinski definition) is 1. The van der Waals surface area contributed by atoms with Crippen LogP contribution in [0.1, 0.15) is 25.0 Å². The van der Waals surface area contributed by atoms with Crippen LogP contribution in [0, 0.1) is 0 Å². The van der Waals surface area contributed by atoms with E-state index in [0.29, 0.717) is 0 Å². The van der Waals surface area contributed by atoms with Gasteiger partial charge in [0.1, 0.15) is 0 Å². The number of benzene rings is 1. The summed E-state index contributed by atoms with van der Waals surface area (Å²) in [5.74, 6) is 0. The molecule has 0 saturated heterocycles. The molecule has 1 aromatic carbocycles. The van der Waals surface area contributed by atoms with Crippen LogP contribution in [0.2, 0.25) is 0 Å². The number of rotatable bonds is 2. The third-order valence-electron chi connectivity index (χ3n) is 1.67. The van der Waals surface area contributed by atoms with Gasteiger partial charge in [0.25, 0.3) is 0 Å². The lowest BCUT2D eigenvalue weighted by Crippen LogP contribution is -1.87. The van der Waals surface area contributed by atoms with Crippen LogP contribution < -0.4 is 0 Å². The van der Waals surface area contributed by atoms with E-state index in [-0.39, 0.29) is 6.61 Å². The van der Waals surface area contributed by atoms with Gasteiger partial charge in [0, 0.05) is 0 Å². The van der Waals surface area contributed by atoms with E-state index < -0.39 is 0 Å². The maximum Gasteiger partial charge on any atom is 0.0687 e. The molecule has 0 spiro atoms. The van der Waals surface area contributed by atoms with Gasteiger partial charge < -0.3 is 5.11 Å². The number of hydrogen-bond donors (Lipinski definition) is 1. The Bertz CT molecular complexity index is 283. The summed E-state index contributed by atoms with van der Waals surface area (Å²) < 4.78 is 0. The van der Waals surface area contributed by atoms with Crippen LogP contribution in [-0.4, -0.2) is 5.11 Å². The maximum absolute atomic E-state index is 9.00. The molecule has 0 radical (unpaired) electrons. The predicted molar refractivity (Wildman–Crippen MR) is 51.7 cm³/mol. The quantitative estimate of drug-likeness (QED) is 0.708. The zero-order valence-corrected chi connectivity index (χ0v) is 7.54. The summed E-state index contributed by atoms with van der Waals surface area (Å²) in [6, 6.07) is 7.87. The Balaban J connectivity index is 3.05. The van der Waals surface area contributed by atoms with Gasteiger partial charge in [0.15, 0.2) is 0 Å². The second-order valence-electron chi connectivity index (χ2n) is 3.08. The third kappa shape index (κ3) is 2.21. The van der Waals surface area contributed by atoms with Crippen molar-refractivity contribution in [1.82, 2.24) is 0 Å². The Morgan fingerprint density at radius 3 is 2.58 bits per heavy atom. The first kappa shape index (κ1) is 9.01. The molecule has 1 aromatic rings. The summed E-state index contributed by atoms with van der Waals surface area (Å²) in [6.07, 6.45) is 2.07. The van der Waals surface area contributed by atoms with Crippen molar-refractivity contribution >= 4 is 6.08 Å². The van der Waals surface area contributed by atoms with Crippen LogP contribution in [0.25, 0.3) is 6.08 Å². The van der Waals surface area contributed by atoms with Gasteiger partial charge in [-0.2, -0.15) is 0 Å². The molecule has 0 fully saturated rings. The van der Waals surface area contributed by atoms with Crippen LogP contribution in [0.4, 0.5) is 0 Å². The number of aliphatic hydroxyl groups is 1. The summed E-state index contributed by atoms with van der Waals surface area (Å²) in [5.41, 5.74) is 3.34. The van der Waals surface area contributed by atoms with Crippen molar-refractivity contribution in [3.05, 3.63) is 41.0 Å². The molecule has 0 atom stereocenters. The standard InChI is InChI=1S/C11H14O/c1-9(2)7-10-5-3-4-6-11(10)8-12/h3-7,12H,8H2,1-2H3. The van der Waals surface area contributed by atoms with Gasteiger partial charge in [0.2, 0.25) is 0 Å². The molecule has 0 aromatic heterocycles. The molecule has 1 rings (SSSR count). The second-order valence-corrected chi connectivity index (χ2v) is 3.08. The minimum absolute atomic E-state index is 0.111. The van der Waals surface area contributed by atoms with E-state index >= 15 is 0 Å². The van der Waals surface area contributed by atoms with Crippen molar-refractivity contribution in [2.24, 2.45) is 0 Å². The molecular formula is C11H14O. The van der Waals surface area contributed by atoms with Gasteiger partial charge >= 0.3 is 0 Å². The highest BCUT2D eigenvalue weighted by Gasteiger charge is 1.95. The number of allylic oxidation sites excluding steroid dienone is 1. The monoisotopic (exact) mass is 162 g/mol. The maximum atomic E-state index is 9.00. The average Bonchev–Trinajstić information content (AvgIpc) is 2.04. The van der Waals surface area contributed by atoms with Crippen molar-refractivity contribution in [3.63, 3.8) is 0 Å². The van der Waals surface area contributed by atoms with E-state index in [1.165, 1.54) is 5.57 Å². The van der Waals surface area contributed by atoms with Crippen LogP contribution in [-0.2, 0) is 6.61 Å². The lowest BCUT2D eigenvalue weighted by atomic mass is 10.1. The Hall–Kier alpha value is -1.08. The molecule has 1 nitrogen and oxygen atoms in total. The lowest BCUT2D eigenvalue weighted by Gasteiger charge is -2.01. The lowest BCUT2D eigenvalue weighted by molar-refractivity contribution is 0.281. The third-order valence-corrected chi connectivity index (χ3v) is 1.67. The Morgan fingerprint density at radius 1 is 1.33 bits per heavy atom. The fourth-order valence-corrected chi connectivity index (χ4v) is 1.13. The minimum Gasteiger partial charge on any atom is -0.392 e. The topological polar surface area (TPSA) is 20.2 Å². The molecule has 0 unspecified atom stereocenters. The van der Waals surface area contributed by atoms with E-state index in [2.05, 4.69) is 6.08 Å². The fourth-order valence-electron chi connectivity index (χ4n) is 1.13. The van der Waals surface area contributed by atoms with E-state index in [1.807, 2.05) is 38.1 Å². The van der Waals surface area contributed by atoms with Crippen molar-refractivity contribution in [2.75, 3.05) is 0 Å². The first-order chi connectivity index (χ1) is 5.74. The summed E-state index contributed by atoms with van der Waals surface area (Å²) in [5, 5.41) is 9.00. The largest absolute Gasteiger partial charge is 0.392 e. The molecular weight excluding hydrogens is 148 g/mol. The highest BCUT2D eigenvalue weighted by Crippen LogP contribution is 2.12. The summed E-state index contributed by atoms with van der Waals surface area (Å²) in [4.78, 5) is 0. The Morgan fingerprint density at radius 2 is 2.00 bits per heavy atom. The molecule has 0 amide bonds. The normalized spacial score (nSPS) is 9.58. The van der Waals surface area contributed by atoms with Gasteiger partial charge in [-0.1, -0.05) is 35.9 Å². The van der Waals surface area contributed by atoms with Gasteiger partial charge in [-0.05, 0) is 25.0 Å². The molecule has 1 N–H and O–H groups in total. The van der Waals surface area contributed by atoms with Crippen LogP contribution in [0.3, 0.4) is 0 Å². The van der Waals surface area contributed by atoms with Crippen molar-refractivity contribution in [3.8, 4) is 0 Å². The molecule has 12 heavy (non-hydrogen) atoms. The van der Waals surface area contributed by atoms with E-state index in [0.717, 1.165) is 11.1 Å². The average molecular weight is 162 g/mol. The van der Waals surface area contributed by atoms with E-state index in [1.54, 1.807) is 0 Å². The zero-order valence-electron chi connectivity index (χ0n) is 7.54. The van der Waals surface area contributed by atoms with Gasteiger partial charge in [-0.3, -0.25) is 0 Å². The summed E-state index contributed by atoms with van der Waals surface area (Å²) in [6.45, 7) is 4.21. The van der Waals surface area contributed by atoms with E-state index in [4.69, 9.17) is 5.11 Å². The first-order valence-electron chi connectivity index (χ1n) is 4.07. The van der Waals surface area contributed by atoms with Crippen molar-refractivity contribution in [1.29, 1.82) is 0 Å². The molecule has 0 bridgehead atoms. The van der Waals surface area contributed by atoms with Crippen molar-refractivity contribution < 1.29 is 5.11 Å². The molecule has 0 heterocycles. The molecule has 64 valence electrons. The van der Waals surface area contributed by atoms with Crippen LogP contribution in [0.5, 0.6) is 0 Å². The highest BCUT2D eigenvalue weighted by molar-refractivity contribution is 5.55. The molecule has 1 heteroatoms. The van der Waals surface area contributed by atoms with Gasteiger partial charge in [0.05, 0.1) is 6.61 Å². The fraction of sp³-hybridized carbons (Fsp3) is 0.273. The Kier molecular flexibility index (Phi) is 3.06. The predicted octanol–water partition coefficient (Wildman–Crippen LogP) is 2.60. The number of aliphatic hydroxyl groups excluding tert-OH is 1. The molecule has 0 aliphatic carbocycles. The van der Waals surface area contributed by atoms with Crippen LogP contribution in [0.15, 0.2) is 29.8 Å². The summed E-state index contributed by atoms with van der Waals surface area (Å²) >= 11 is 0. The summed E-state index contributed by atoms with van der Waals surface area (Å²) in [7, 11) is 0. The highest BCUT2D eigenvalue weighted by atomic mass is 16.3. The van der Waals surface area contributed by atoms with Crippen molar-refractivity contribution in [2.45, 2.75) is 20.5 Å². The first-order valence-corrected chi connectivity index (χ1v) is 4.07. The minimum atomic E-state index is 0.111. The van der Waals surface area contributed by atoms with Gasteiger partial charge in [-0.15, -0.1) is 0 Å². The molecule has 0 aliphatic heterocycles. The molecule has 0 saturated carbocycles. The van der Waals surface area contributed by atoms with Gasteiger partial charge in [-0.25, -0.2) is 0 Å². The molecule has 0 aliphatic rings. The van der Waals surface area contributed by atoms with E-state index in [9.17, 15) is 0 Å². The smallest absolute Gasteiger partial charge is 0.0687 e. The zero-order chi connectivity index (χ0) is 8.97. The van der Waals surface area contributed by atoms with Crippen LogP contribution >= 0.6 is 0 Å².